The zero-order valence-corrected chi connectivity index (χ0v) is 9.47. The van der Waals surface area contributed by atoms with Gasteiger partial charge in [-0.2, -0.15) is 0 Å². The zero-order valence-electron chi connectivity index (χ0n) is 9.47. The molecule has 0 aromatic carbocycles. The van der Waals surface area contributed by atoms with Crippen molar-refractivity contribution in [2.45, 2.75) is 13.3 Å². The highest BCUT2D eigenvalue weighted by molar-refractivity contribution is 5.87. The summed E-state index contributed by atoms with van der Waals surface area (Å²) in [4.78, 5) is 25.5. The normalized spacial score (nSPS) is 9.71. The number of nitrogens with zero attached hydrogens (tertiary/aromatic N) is 1. The van der Waals surface area contributed by atoms with E-state index in [0.717, 1.165) is 0 Å². The van der Waals surface area contributed by atoms with Crippen molar-refractivity contribution >= 4 is 11.9 Å². The molecule has 0 unspecified atom stereocenters. The molecule has 0 radical (unpaired) electrons. The van der Waals surface area contributed by atoms with Gasteiger partial charge < -0.3 is 15.2 Å². The third kappa shape index (κ3) is 4.50. The Balaban J connectivity index is 2.44. The van der Waals surface area contributed by atoms with Crippen molar-refractivity contribution in [1.82, 2.24) is 10.3 Å². The quantitative estimate of drug-likeness (QED) is 0.761. The number of carboxylic acids is 1. The number of carbonyl (C=O) groups excluding carboxylic acids is 1. The van der Waals surface area contributed by atoms with Crippen LogP contribution in [0.25, 0.3) is 0 Å². The van der Waals surface area contributed by atoms with Crippen molar-refractivity contribution < 1.29 is 19.4 Å². The van der Waals surface area contributed by atoms with Crippen LogP contribution < -0.4 is 10.1 Å². The average Bonchev–Trinajstić information content (AvgIpc) is 2.30. The van der Waals surface area contributed by atoms with E-state index in [2.05, 4.69) is 10.3 Å². The van der Waals surface area contributed by atoms with E-state index in [4.69, 9.17) is 9.84 Å². The van der Waals surface area contributed by atoms with Gasteiger partial charge in [0.15, 0.2) is 0 Å². The van der Waals surface area contributed by atoms with Crippen LogP contribution in [0.2, 0.25) is 0 Å². The zero-order chi connectivity index (χ0) is 12.7. The van der Waals surface area contributed by atoms with Crippen LogP contribution in [0.1, 0.15) is 23.7 Å². The molecule has 1 rings (SSSR count). The molecule has 0 saturated carbocycles. The van der Waals surface area contributed by atoms with Crippen LogP contribution in [-0.2, 0) is 4.79 Å². The van der Waals surface area contributed by atoms with Crippen LogP contribution in [0.5, 0.6) is 5.75 Å². The van der Waals surface area contributed by atoms with E-state index >= 15 is 0 Å². The maximum atomic E-state index is 11.1. The summed E-state index contributed by atoms with van der Waals surface area (Å²) < 4.78 is 5.23. The molecule has 0 aliphatic heterocycles. The van der Waals surface area contributed by atoms with Crippen molar-refractivity contribution in [3.05, 3.63) is 24.0 Å². The number of aromatic nitrogens is 1. The Labute approximate surface area is 98.6 Å². The molecule has 0 aliphatic rings. The van der Waals surface area contributed by atoms with Gasteiger partial charge in [0, 0.05) is 12.7 Å². The number of amides is 1. The molecule has 92 valence electrons. The lowest BCUT2D eigenvalue weighted by Crippen LogP contribution is -2.24. The largest absolute Gasteiger partial charge is 0.491 e. The Morgan fingerprint density at radius 3 is 2.88 bits per heavy atom. The number of aromatic carboxylic acids is 1. The third-order valence-electron chi connectivity index (χ3n) is 1.93. The van der Waals surface area contributed by atoms with Gasteiger partial charge >= 0.3 is 5.97 Å². The second-order valence-corrected chi connectivity index (χ2v) is 3.27. The van der Waals surface area contributed by atoms with Crippen LogP contribution in [0.15, 0.2) is 18.5 Å². The van der Waals surface area contributed by atoms with Crippen LogP contribution in [0.3, 0.4) is 0 Å². The first-order valence-corrected chi connectivity index (χ1v) is 5.21. The van der Waals surface area contributed by atoms with Gasteiger partial charge in [-0.1, -0.05) is 0 Å². The predicted octanol–water partition coefficient (Wildman–Crippen LogP) is 0.685. The maximum absolute atomic E-state index is 11.1. The lowest BCUT2D eigenvalue weighted by atomic mass is 10.3. The fourth-order valence-electron chi connectivity index (χ4n) is 1.16. The van der Waals surface area contributed by atoms with Crippen molar-refractivity contribution in [2.24, 2.45) is 0 Å². The summed E-state index contributed by atoms with van der Waals surface area (Å²) in [6.45, 7) is 2.60. The molecular formula is C11H14N2O4. The number of carboxylic acid groups (broad SMARTS) is 1. The summed E-state index contributed by atoms with van der Waals surface area (Å²) in [5.41, 5.74) is 0.0560. The summed E-state index contributed by atoms with van der Waals surface area (Å²) >= 11 is 0. The molecule has 1 aromatic heterocycles. The fourth-order valence-corrected chi connectivity index (χ4v) is 1.16. The summed E-state index contributed by atoms with van der Waals surface area (Å²) in [6.07, 6.45) is 2.87. The maximum Gasteiger partial charge on any atom is 0.337 e. The molecule has 1 amide bonds. The average molecular weight is 238 g/mol. The number of ether oxygens (including phenoxy) is 1. The predicted molar refractivity (Wildman–Crippen MR) is 60.0 cm³/mol. The molecule has 6 nitrogen and oxygen atoms in total. The number of pyridine rings is 1. The van der Waals surface area contributed by atoms with Gasteiger partial charge in [-0.05, 0) is 13.0 Å². The molecule has 0 atom stereocenters. The number of rotatable bonds is 6. The molecular weight excluding hydrogens is 224 g/mol. The Morgan fingerprint density at radius 1 is 1.47 bits per heavy atom. The second-order valence-electron chi connectivity index (χ2n) is 3.27. The topological polar surface area (TPSA) is 88.5 Å². The molecule has 6 heteroatoms. The number of carbonyl (C=O) groups is 2. The van der Waals surface area contributed by atoms with Gasteiger partial charge in [0.2, 0.25) is 5.91 Å². The van der Waals surface area contributed by atoms with Crippen molar-refractivity contribution in [1.29, 1.82) is 0 Å². The number of hydrogen-bond donors (Lipinski definition) is 2. The fraction of sp³-hybridized carbons (Fsp3) is 0.364. The third-order valence-corrected chi connectivity index (χ3v) is 1.93. The highest BCUT2D eigenvalue weighted by atomic mass is 16.5. The van der Waals surface area contributed by atoms with Crippen LogP contribution in [-0.4, -0.2) is 35.1 Å². The number of nitrogens with one attached hydrogen (secondary N) is 1. The minimum absolute atomic E-state index is 0.0560. The van der Waals surface area contributed by atoms with E-state index in [0.29, 0.717) is 12.3 Å². The highest BCUT2D eigenvalue weighted by Gasteiger charge is 2.05. The smallest absolute Gasteiger partial charge is 0.337 e. The van der Waals surface area contributed by atoms with Crippen molar-refractivity contribution in [3.8, 4) is 5.75 Å². The summed E-state index contributed by atoms with van der Waals surface area (Å²) in [5, 5.41) is 11.4. The van der Waals surface area contributed by atoms with Gasteiger partial charge in [0.05, 0.1) is 24.8 Å². The van der Waals surface area contributed by atoms with Crippen LogP contribution >= 0.6 is 0 Å². The van der Waals surface area contributed by atoms with Gasteiger partial charge in [-0.3, -0.25) is 9.78 Å². The summed E-state index contributed by atoms with van der Waals surface area (Å²) in [7, 11) is 0. The van der Waals surface area contributed by atoms with Gasteiger partial charge in [0.1, 0.15) is 5.75 Å². The molecule has 0 spiro atoms. The first kappa shape index (κ1) is 13.0. The van der Waals surface area contributed by atoms with Gasteiger partial charge in [-0.15, -0.1) is 0 Å². The molecule has 1 heterocycles. The minimum atomic E-state index is -1.06. The van der Waals surface area contributed by atoms with E-state index < -0.39 is 5.97 Å². The highest BCUT2D eigenvalue weighted by Crippen LogP contribution is 2.11. The second kappa shape index (κ2) is 6.47. The van der Waals surface area contributed by atoms with Crippen LogP contribution in [0.4, 0.5) is 0 Å². The first-order chi connectivity index (χ1) is 8.13. The lowest BCUT2D eigenvalue weighted by Gasteiger charge is -2.06. The Bertz CT molecular complexity index is 406. The van der Waals surface area contributed by atoms with E-state index in [9.17, 15) is 9.59 Å². The summed E-state index contributed by atoms with van der Waals surface area (Å²) in [6, 6.07) is 1.37. The Morgan fingerprint density at radius 2 is 2.24 bits per heavy atom. The van der Waals surface area contributed by atoms with E-state index in [1.54, 1.807) is 0 Å². The molecule has 0 aliphatic carbocycles. The molecule has 1 aromatic rings. The summed E-state index contributed by atoms with van der Waals surface area (Å²) in [5.74, 6) is -0.823. The minimum Gasteiger partial charge on any atom is -0.491 e. The standard InChI is InChI=1S/C11H14N2O4/c1-2-13-10(14)3-4-17-9-5-8(11(15)16)6-12-7-9/h5-7H,2-4H2,1H3,(H,13,14)(H,15,16). The Hall–Kier alpha value is -2.11. The molecule has 17 heavy (non-hydrogen) atoms. The first-order valence-electron chi connectivity index (χ1n) is 5.21. The molecule has 0 saturated heterocycles. The monoisotopic (exact) mass is 238 g/mol. The SMILES string of the molecule is CCNC(=O)CCOc1cncc(C(=O)O)c1. The van der Waals surface area contributed by atoms with E-state index in [-0.39, 0.29) is 24.5 Å². The lowest BCUT2D eigenvalue weighted by molar-refractivity contribution is -0.121. The van der Waals surface area contributed by atoms with Crippen molar-refractivity contribution in [2.75, 3.05) is 13.2 Å². The molecule has 0 bridgehead atoms. The van der Waals surface area contributed by atoms with Crippen LogP contribution in [0, 0.1) is 0 Å². The van der Waals surface area contributed by atoms with E-state index in [1.807, 2.05) is 6.92 Å². The number of hydrogen-bond acceptors (Lipinski definition) is 4. The van der Waals surface area contributed by atoms with E-state index in [1.165, 1.54) is 18.5 Å². The molecule has 0 fully saturated rings. The van der Waals surface area contributed by atoms with Gasteiger partial charge in [-0.25, -0.2) is 4.79 Å². The Kier molecular flexibility index (Phi) is 4.93. The van der Waals surface area contributed by atoms with Gasteiger partial charge in [0.25, 0.3) is 0 Å². The van der Waals surface area contributed by atoms with Crippen molar-refractivity contribution in [3.63, 3.8) is 0 Å². The molecule has 2 N–H and O–H groups in total.